The third-order valence-electron chi connectivity index (χ3n) is 5.97. The van der Waals surface area contributed by atoms with Gasteiger partial charge in [-0.15, -0.1) is 4.72 Å². The lowest BCUT2D eigenvalue weighted by Gasteiger charge is -2.28. The van der Waals surface area contributed by atoms with E-state index in [1.54, 1.807) is 0 Å². The molecule has 1 aliphatic rings. The van der Waals surface area contributed by atoms with Crippen LogP contribution in [0.2, 0.25) is 25.7 Å². The maximum absolute atomic E-state index is 13.0. The van der Waals surface area contributed by atoms with Gasteiger partial charge in [-0.1, -0.05) is 24.8 Å². The van der Waals surface area contributed by atoms with Crippen molar-refractivity contribution in [2.75, 3.05) is 33.0 Å². The van der Waals surface area contributed by atoms with Crippen molar-refractivity contribution in [2.45, 2.75) is 89.5 Å². The molecule has 38 heavy (non-hydrogen) atoms. The molecule has 3 rings (SSSR count). The number of hydrogen-bond acceptors (Lipinski definition) is 9. The molecular formula is C25H43BrN4O6SSi. The van der Waals surface area contributed by atoms with Gasteiger partial charge >= 0.3 is 0 Å². The Kier molecular flexibility index (Phi) is 11.5. The van der Waals surface area contributed by atoms with Crippen LogP contribution in [0.25, 0.3) is 0 Å². The number of halogens is 1. The summed E-state index contributed by atoms with van der Waals surface area (Å²) >= 11 is 2.17. The zero-order valence-electron chi connectivity index (χ0n) is 23.7. The van der Waals surface area contributed by atoms with E-state index in [4.69, 9.17) is 23.5 Å². The van der Waals surface area contributed by atoms with Gasteiger partial charge in [-0.25, -0.2) is 4.98 Å². The van der Waals surface area contributed by atoms with Gasteiger partial charge in [0.25, 0.3) is 0 Å². The minimum atomic E-state index is -1.32. The summed E-state index contributed by atoms with van der Waals surface area (Å²) in [4.78, 5) is 4.66. The normalized spacial score (nSPS) is 17.7. The zero-order chi connectivity index (χ0) is 28.0. The average molecular weight is 636 g/mol. The highest BCUT2D eigenvalue weighted by molar-refractivity contribution is 9.10. The molecule has 1 saturated heterocycles. The van der Waals surface area contributed by atoms with Gasteiger partial charge in [0.1, 0.15) is 39.4 Å². The Bertz CT molecular complexity index is 1000. The molecule has 0 amide bonds. The number of imidazole rings is 1. The van der Waals surface area contributed by atoms with Gasteiger partial charge in [-0.2, -0.15) is 0 Å². The number of nitrogens with one attached hydrogen (secondary N) is 1. The Hall–Kier alpha value is -0.773. The molecule has 0 bridgehead atoms. The highest BCUT2D eigenvalue weighted by Crippen LogP contribution is 2.35. The second-order valence-electron chi connectivity index (χ2n) is 11.7. The van der Waals surface area contributed by atoms with Crippen molar-refractivity contribution in [3.05, 3.63) is 34.1 Å². The van der Waals surface area contributed by atoms with Gasteiger partial charge in [0.15, 0.2) is 0 Å². The zero-order valence-corrected chi connectivity index (χ0v) is 27.1. The van der Waals surface area contributed by atoms with E-state index in [1.807, 2.05) is 44.5 Å². The predicted molar refractivity (Wildman–Crippen MR) is 153 cm³/mol. The van der Waals surface area contributed by atoms with Crippen LogP contribution in [0, 0.1) is 6.92 Å². The number of aromatic nitrogens is 3. The summed E-state index contributed by atoms with van der Waals surface area (Å²) in [6.45, 7) is 17.5. The first-order valence-electron chi connectivity index (χ1n) is 13.1. The molecular weight excluding hydrogens is 592 g/mol. The Morgan fingerprint density at radius 2 is 1.95 bits per heavy atom. The van der Waals surface area contributed by atoms with Crippen molar-refractivity contribution in [1.82, 2.24) is 19.4 Å². The summed E-state index contributed by atoms with van der Waals surface area (Å²) in [5.41, 5.74) is 0.647. The summed E-state index contributed by atoms with van der Waals surface area (Å²) in [7, 11) is -1.19. The van der Waals surface area contributed by atoms with Crippen molar-refractivity contribution < 1.29 is 28.0 Å². The fourth-order valence-electron chi connectivity index (χ4n) is 3.82. The summed E-state index contributed by atoms with van der Waals surface area (Å²) in [5.74, 6) is 0.516. The van der Waals surface area contributed by atoms with Gasteiger partial charge in [0, 0.05) is 51.3 Å². The number of aryl methyl sites for hydroxylation is 1. The molecule has 2 aromatic rings. The van der Waals surface area contributed by atoms with Gasteiger partial charge in [0.2, 0.25) is 5.79 Å². The lowest BCUT2D eigenvalue weighted by Crippen LogP contribution is -2.43. The van der Waals surface area contributed by atoms with Crippen LogP contribution >= 0.6 is 15.9 Å². The largest absolute Gasteiger partial charge is 0.598 e. The molecule has 13 heteroatoms. The summed E-state index contributed by atoms with van der Waals surface area (Å²) in [5, 5.41) is 4.11. The van der Waals surface area contributed by atoms with Crippen molar-refractivity contribution in [1.29, 1.82) is 0 Å². The predicted octanol–water partition coefficient (Wildman–Crippen LogP) is 5.04. The van der Waals surface area contributed by atoms with E-state index in [9.17, 15) is 4.55 Å². The van der Waals surface area contributed by atoms with E-state index in [0.29, 0.717) is 67.9 Å². The molecule has 1 fully saturated rings. The van der Waals surface area contributed by atoms with Gasteiger partial charge in [-0.3, -0.25) is 0 Å². The van der Waals surface area contributed by atoms with Crippen molar-refractivity contribution in [2.24, 2.45) is 0 Å². The van der Waals surface area contributed by atoms with Crippen LogP contribution in [0.4, 0.5) is 0 Å². The number of rotatable bonds is 15. The summed E-state index contributed by atoms with van der Waals surface area (Å²) in [6.07, 6.45) is 3.14. The van der Waals surface area contributed by atoms with Crippen molar-refractivity contribution in [3.63, 3.8) is 0 Å². The molecule has 1 N–H and O–H groups in total. The third-order valence-corrected chi connectivity index (χ3v) is 9.67. The van der Waals surface area contributed by atoms with E-state index in [0.717, 1.165) is 6.04 Å². The van der Waals surface area contributed by atoms with E-state index in [2.05, 4.69) is 50.4 Å². The van der Waals surface area contributed by atoms with Gasteiger partial charge < -0.3 is 32.6 Å². The summed E-state index contributed by atoms with van der Waals surface area (Å²) < 4.78 is 47.6. The quantitative estimate of drug-likeness (QED) is 0.163. The molecule has 1 aliphatic heterocycles. The van der Waals surface area contributed by atoms with Crippen LogP contribution in [-0.4, -0.2) is 65.1 Å². The van der Waals surface area contributed by atoms with E-state index >= 15 is 0 Å². The van der Waals surface area contributed by atoms with Crippen molar-refractivity contribution in [3.8, 4) is 0 Å². The second-order valence-corrected chi connectivity index (χ2v) is 20.2. The van der Waals surface area contributed by atoms with Crippen LogP contribution in [-0.2, 0) is 42.8 Å². The minimum Gasteiger partial charge on any atom is -0.598 e. The fourth-order valence-corrected chi connectivity index (χ4v) is 5.79. The molecule has 0 aliphatic carbocycles. The first-order valence-corrected chi connectivity index (χ1v) is 18.7. The highest BCUT2D eigenvalue weighted by Gasteiger charge is 2.41. The first kappa shape index (κ1) is 31.8. The third kappa shape index (κ3) is 9.41. The smallest absolute Gasteiger partial charge is 0.216 e. The summed E-state index contributed by atoms with van der Waals surface area (Å²) in [6, 6.07) is 2.53. The fraction of sp³-hybridized carbons (Fsp3) is 0.760. The second kappa shape index (κ2) is 13.7. The average Bonchev–Trinajstić information content (AvgIpc) is 3.55. The standard InChI is InChI=1S/C25H43BrN4O6SSi/c1-19-15-21(28-36-19)25(34-11-12-35-25)9-8-10-32-17-20(29-37(31)24(2,3)4)23-27-22(26)16-30(23)18-33-13-14-38(5,6)7/h15-16,20,29H,8-14,17-18H2,1-7H3/t20?,37-/m1/s1. The van der Waals surface area contributed by atoms with E-state index in [1.165, 1.54) is 0 Å². The monoisotopic (exact) mass is 634 g/mol. The van der Waals surface area contributed by atoms with Crippen LogP contribution in [0.1, 0.15) is 56.9 Å². The molecule has 1 unspecified atom stereocenters. The van der Waals surface area contributed by atoms with Gasteiger partial charge in [-0.05, 0) is 56.1 Å². The Balaban J connectivity index is 1.62. The van der Waals surface area contributed by atoms with Gasteiger partial charge in [0.05, 0.1) is 19.8 Å². The lowest BCUT2D eigenvalue weighted by atomic mass is 10.1. The Morgan fingerprint density at radius 1 is 1.24 bits per heavy atom. The molecule has 10 nitrogen and oxygen atoms in total. The SMILES string of the molecule is Cc1cc(C2(CCCOCC(N[S@+]([O-])C(C)(C)C)c3nc(Br)cn3COCC[Si](C)(C)C)OCCO2)no1. The maximum Gasteiger partial charge on any atom is 0.216 e. The maximum atomic E-state index is 13.0. The molecule has 216 valence electrons. The molecule has 2 aromatic heterocycles. The van der Waals surface area contributed by atoms with Crippen LogP contribution in [0.15, 0.2) is 21.4 Å². The van der Waals surface area contributed by atoms with Crippen LogP contribution in [0.5, 0.6) is 0 Å². The number of hydrogen-bond donors (Lipinski definition) is 1. The highest BCUT2D eigenvalue weighted by atomic mass is 79.9. The van der Waals surface area contributed by atoms with Crippen molar-refractivity contribution >= 4 is 35.4 Å². The van der Waals surface area contributed by atoms with E-state index in [-0.39, 0.29) is 6.61 Å². The molecule has 0 saturated carbocycles. The molecule has 0 spiro atoms. The number of nitrogens with zero attached hydrogens (tertiary/aromatic N) is 3. The lowest BCUT2D eigenvalue weighted by molar-refractivity contribution is -0.177. The topological polar surface area (TPSA) is 116 Å². The number of ether oxygens (including phenoxy) is 4. The Morgan fingerprint density at radius 3 is 2.55 bits per heavy atom. The molecule has 0 radical (unpaired) electrons. The minimum absolute atomic E-state index is 0.290. The Labute approximate surface area is 239 Å². The first-order chi connectivity index (χ1) is 17.8. The molecule has 3 heterocycles. The van der Waals surface area contributed by atoms with Crippen LogP contribution in [0.3, 0.4) is 0 Å². The van der Waals surface area contributed by atoms with E-state index < -0.39 is 36.0 Å². The molecule has 0 aromatic carbocycles. The molecule has 2 atom stereocenters. The van der Waals surface area contributed by atoms with Crippen LogP contribution < -0.4 is 4.72 Å².